The van der Waals surface area contributed by atoms with Crippen LogP contribution in [0.15, 0.2) is 76.8 Å². The Balaban J connectivity index is 1.54. The van der Waals surface area contributed by atoms with Crippen molar-refractivity contribution in [3.8, 4) is 0 Å². The Kier molecular flexibility index (Phi) is 7.57. The van der Waals surface area contributed by atoms with Gasteiger partial charge in [0.2, 0.25) is 0 Å². The average molecular weight is 409 g/mol. The summed E-state index contributed by atoms with van der Waals surface area (Å²) in [5, 5.41) is 3.76. The van der Waals surface area contributed by atoms with Crippen molar-refractivity contribution in [1.29, 1.82) is 0 Å². The Labute approximate surface area is 175 Å². The van der Waals surface area contributed by atoms with Gasteiger partial charge in [-0.1, -0.05) is 48.2 Å². The molecule has 0 saturated carbocycles. The Morgan fingerprint density at radius 3 is 2.61 bits per heavy atom. The summed E-state index contributed by atoms with van der Waals surface area (Å²) < 4.78 is 0. The van der Waals surface area contributed by atoms with Gasteiger partial charge in [-0.05, 0) is 54.8 Å². The number of nitrogens with zero attached hydrogens (tertiary/aromatic N) is 1. The molecular weight excluding hydrogens is 384 g/mol. The third-order valence-electron chi connectivity index (χ3n) is 4.35. The van der Waals surface area contributed by atoms with E-state index in [1.807, 2.05) is 30.0 Å². The summed E-state index contributed by atoms with van der Waals surface area (Å²) in [6.07, 6.45) is 1.73. The van der Waals surface area contributed by atoms with E-state index < -0.39 is 0 Å². The van der Waals surface area contributed by atoms with E-state index in [9.17, 15) is 4.79 Å². The van der Waals surface area contributed by atoms with Crippen LogP contribution >= 0.6 is 23.5 Å². The molecule has 0 atom stereocenters. The van der Waals surface area contributed by atoms with E-state index in [-0.39, 0.29) is 5.91 Å². The fraction of sp³-hybridized carbons (Fsp3) is 0.217. The van der Waals surface area contributed by atoms with Crippen molar-refractivity contribution >= 4 is 29.4 Å². The van der Waals surface area contributed by atoms with Crippen molar-refractivity contribution in [2.45, 2.75) is 29.5 Å². The second-order valence-corrected chi connectivity index (χ2v) is 8.67. The first-order valence-electron chi connectivity index (χ1n) is 9.23. The van der Waals surface area contributed by atoms with Crippen LogP contribution in [0.1, 0.15) is 27.0 Å². The van der Waals surface area contributed by atoms with Crippen molar-refractivity contribution in [3.63, 3.8) is 0 Å². The molecule has 0 saturated heterocycles. The Morgan fingerprint density at radius 2 is 1.82 bits per heavy atom. The molecule has 0 spiro atoms. The van der Waals surface area contributed by atoms with Gasteiger partial charge >= 0.3 is 0 Å². The normalized spacial score (nSPS) is 10.6. The fourth-order valence-electron chi connectivity index (χ4n) is 2.63. The largest absolute Gasteiger partial charge is 0.351 e. The number of pyridine rings is 1. The number of thioether (sulfide) groups is 1. The Bertz CT molecular complexity index is 929. The third-order valence-corrected chi connectivity index (χ3v) is 6.39. The van der Waals surface area contributed by atoms with Crippen LogP contribution in [0.25, 0.3) is 0 Å². The molecule has 3 rings (SSSR count). The van der Waals surface area contributed by atoms with E-state index in [1.165, 1.54) is 28.5 Å². The van der Waals surface area contributed by atoms with Gasteiger partial charge in [0, 0.05) is 29.1 Å². The second-order valence-electron chi connectivity index (χ2n) is 6.50. The average Bonchev–Trinajstić information content (AvgIpc) is 2.71. The lowest BCUT2D eigenvalue weighted by atomic mass is 10.1. The second kappa shape index (κ2) is 10.3. The highest BCUT2D eigenvalue weighted by Gasteiger charge is 2.13. The van der Waals surface area contributed by atoms with E-state index in [0.717, 1.165) is 21.4 Å². The minimum Gasteiger partial charge on any atom is -0.351 e. The number of hydrogen-bond acceptors (Lipinski definition) is 4. The molecule has 1 N–H and O–H groups in total. The monoisotopic (exact) mass is 408 g/mol. The molecule has 5 heteroatoms. The molecule has 0 unspecified atom stereocenters. The molecular formula is C23H24N2OS2. The van der Waals surface area contributed by atoms with Crippen LogP contribution < -0.4 is 5.32 Å². The van der Waals surface area contributed by atoms with Gasteiger partial charge in [-0.2, -0.15) is 11.8 Å². The number of aromatic nitrogens is 1. The van der Waals surface area contributed by atoms with Crippen LogP contribution in [0.4, 0.5) is 0 Å². The molecule has 0 fully saturated rings. The van der Waals surface area contributed by atoms with Gasteiger partial charge in [0.1, 0.15) is 5.03 Å². The van der Waals surface area contributed by atoms with Crippen LogP contribution in [0, 0.1) is 13.8 Å². The van der Waals surface area contributed by atoms with Crippen molar-refractivity contribution in [1.82, 2.24) is 10.3 Å². The fourth-order valence-corrected chi connectivity index (χ4v) is 4.43. The Hall–Kier alpha value is -2.24. The van der Waals surface area contributed by atoms with Crippen molar-refractivity contribution in [2.75, 3.05) is 12.3 Å². The van der Waals surface area contributed by atoms with Gasteiger partial charge in [-0.3, -0.25) is 4.79 Å². The summed E-state index contributed by atoms with van der Waals surface area (Å²) in [5.41, 5.74) is 4.43. The van der Waals surface area contributed by atoms with Gasteiger partial charge in [0.15, 0.2) is 0 Å². The van der Waals surface area contributed by atoms with Crippen LogP contribution in [-0.4, -0.2) is 23.2 Å². The molecule has 144 valence electrons. The molecule has 3 aromatic rings. The standard InChI is InChI=1S/C23H24N2OS2/c1-17-10-11-20(15-18(17)2)28-23-21(9-6-12-25-23)22(26)24-13-14-27-16-19-7-4-3-5-8-19/h3-12,15H,13-14,16H2,1-2H3,(H,24,26). The molecule has 3 nitrogen and oxygen atoms in total. The predicted octanol–water partition coefficient (Wildman–Crippen LogP) is 5.51. The van der Waals surface area contributed by atoms with Gasteiger partial charge in [-0.15, -0.1) is 0 Å². The maximum Gasteiger partial charge on any atom is 0.254 e. The van der Waals surface area contributed by atoms with Crippen molar-refractivity contribution in [2.24, 2.45) is 0 Å². The number of nitrogens with one attached hydrogen (secondary N) is 1. The number of hydrogen-bond donors (Lipinski definition) is 1. The summed E-state index contributed by atoms with van der Waals surface area (Å²) in [6.45, 7) is 4.83. The minimum absolute atomic E-state index is 0.0697. The van der Waals surface area contributed by atoms with Crippen LogP contribution in [0.2, 0.25) is 0 Å². The maximum atomic E-state index is 12.6. The maximum absolute atomic E-state index is 12.6. The van der Waals surface area contributed by atoms with Gasteiger partial charge in [0.25, 0.3) is 5.91 Å². The lowest BCUT2D eigenvalue weighted by Crippen LogP contribution is -2.26. The molecule has 1 amide bonds. The van der Waals surface area contributed by atoms with Crippen LogP contribution in [0.5, 0.6) is 0 Å². The third kappa shape index (κ3) is 5.88. The van der Waals surface area contributed by atoms with E-state index >= 15 is 0 Å². The first kappa shape index (κ1) is 20.5. The topological polar surface area (TPSA) is 42.0 Å². The summed E-state index contributed by atoms with van der Waals surface area (Å²) >= 11 is 3.35. The Morgan fingerprint density at radius 1 is 1.00 bits per heavy atom. The molecule has 0 aliphatic heterocycles. The SMILES string of the molecule is Cc1ccc(Sc2ncccc2C(=O)NCCSCc2ccccc2)cc1C. The minimum atomic E-state index is -0.0697. The highest BCUT2D eigenvalue weighted by molar-refractivity contribution is 7.99. The smallest absolute Gasteiger partial charge is 0.254 e. The molecule has 28 heavy (non-hydrogen) atoms. The number of rotatable bonds is 8. The zero-order valence-electron chi connectivity index (χ0n) is 16.1. The summed E-state index contributed by atoms with van der Waals surface area (Å²) in [7, 11) is 0. The number of carbonyl (C=O) groups is 1. The van der Waals surface area contributed by atoms with E-state index in [2.05, 4.69) is 66.6 Å². The van der Waals surface area contributed by atoms with Gasteiger partial charge in [-0.25, -0.2) is 4.98 Å². The van der Waals surface area contributed by atoms with Gasteiger partial charge < -0.3 is 5.32 Å². The van der Waals surface area contributed by atoms with E-state index in [1.54, 1.807) is 6.20 Å². The summed E-state index contributed by atoms with van der Waals surface area (Å²) in [5.74, 6) is 1.76. The zero-order chi connectivity index (χ0) is 19.8. The molecule has 1 aromatic heterocycles. The molecule has 0 aliphatic rings. The van der Waals surface area contributed by atoms with Crippen LogP contribution in [0.3, 0.4) is 0 Å². The molecule has 1 heterocycles. The highest BCUT2D eigenvalue weighted by atomic mass is 32.2. The lowest BCUT2D eigenvalue weighted by Gasteiger charge is -2.10. The van der Waals surface area contributed by atoms with Crippen molar-refractivity contribution < 1.29 is 4.79 Å². The quantitative estimate of drug-likeness (QED) is 0.499. The summed E-state index contributed by atoms with van der Waals surface area (Å²) in [6, 6.07) is 20.3. The first-order valence-corrected chi connectivity index (χ1v) is 11.2. The number of carbonyl (C=O) groups excluding carboxylic acids is 1. The number of amides is 1. The van der Waals surface area contributed by atoms with E-state index in [0.29, 0.717) is 12.1 Å². The number of aryl methyl sites for hydroxylation is 2. The highest BCUT2D eigenvalue weighted by Crippen LogP contribution is 2.29. The first-order chi connectivity index (χ1) is 13.6. The molecule has 0 radical (unpaired) electrons. The van der Waals surface area contributed by atoms with Gasteiger partial charge in [0.05, 0.1) is 5.56 Å². The summed E-state index contributed by atoms with van der Waals surface area (Å²) in [4.78, 5) is 18.2. The lowest BCUT2D eigenvalue weighted by molar-refractivity contribution is 0.0952. The molecule has 2 aromatic carbocycles. The predicted molar refractivity (Wildman–Crippen MR) is 119 cm³/mol. The van der Waals surface area contributed by atoms with E-state index in [4.69, 9.17) is 0 Å². The molecule has 0 bridgehead atoms. The molecule has 0 aliphatic carbocycles. The zero-order valence-corrected chi connectivity index (χ0v) is 17.8. The van der Waals surface area contributed by atoms with Crippen LogP contribution in [-0.2, 0) is 5.75 Å². The number of benzene rings is 2. The van der Waals surface area contributed by atoms with Crippen molar-refractivity contribution in [3.05, 3.63) is 89.1 Å².